The SMILES string of the molecule is C1CNO[N]1. The van der Waals surface area contributed by atoms with Crippen LogP contribution in [0.25, 0.3) is 0 Å². The molecule has 0 atom stereocenters. The van der Waals surface area contributed by atoms with Gasteiger partial charge in [0.05, 0.1) is 6.54 Å². The molecule has 0 saturated carbocycles. The number of hydrogen-bond donors (Lipinski definition) is 1. The van der Waals surface area contributed by atoms with Gasteiger partial charge in [-0.05, 0) is 0 Å². The Hall–Kier alpha value is -0.120. The summed E-state index contributed by atoms with van der Waals surface area (Å²) in [6, 6.07) is 0. The smallest absolute Gasteiger partial charge is 0.0596 e. The fourth-order valence-electron chi connectivity index (χ4n) is 0.228. The summed E-state index contributed by atoms with van der Waals surface area (Å²) in [6.45, 7) is 1.65. The number of hydrogen-bond acceptors (Lipinski definition) is 2. The van der Waals surface area contributed by atoms with E-state index in [4.69, 9.17) is 0 Å². The van der Waals surface area contributed by atoms with Crippen LogP contribution in [0.1, 0.15) is 0 Å². The van der Waals surface area contributed by atoms with Crippen molar-refractivity contribution in [2.45, 2.75) is 0 Å². The summed E-state index contributed by atoms with van der Waals surface area (Å²) in [4.78, 5) is 4.32. The fourth-order valence-corrected chi connectivity index (χ4v) is 0.228. The van der Waals surface area contributed by atoms with Gasteiger partial charge in [-0.1, -0.05) is 5.48 Å². The molecule has 0 amide bonds. The summed E-state index contributed by atoms with van der Waals surface area (Å²) in [5.74, 6) is 0. The number of nitrogens with one attached hydrogen (secondary N) is 1. The van der Waals surface area contributed by atoms with E-state index in [-0.39, 0.29) is 0 Å². The van der Waals surface area contributed by atoms with Gasteiger partial charge in [0.15, 0.2) is 0 Å². The van der Waals surface area contributed by atoms with Crippen molar-refractivity contribution in [2.24, 2.45) is 0 Å². The summed E-state index contributed by atoms with van der Waals surface area (Å²) in [5.41, 5.74) is 6.03. The van der Waals surface area contributed by atoms with E-state index in [0.29, 0.717) is 0 Å². The number of rotatable bonds is 0. The summed E-state index contributed by atoms with van der Waals surface area (Å²) in [7, 11) is 0. The van der Waals surface area contributed by atoms with Gasteiger partial charge in [0, 0.05) is 6.54 Å². The topological polar surface area (TPSA) is 35.4 Å². The van der Waals surface area contributed by atoms with Crippen molar-refractivity contribution in [3.63, 3.8) is 0 Å². The molecule has 3 heteroatoms. The molecule has 0 aromatic heterocycles. The zero-order valence-electron chi connectivity index (χ0n) is 2.77. The lowest BCUT2D eigenvalue weighted by atomic mass is 10.7. The Kier molecular flexibility index (Phi) is 0.834. The third-order valence-electron chi connectivity index (χ3n) is 0.434. The molecule has 0 aromatic rings. The molecule has 5 heavy (non-hydrogen) atoms. The van der Waals surface area contributed by atoms with Gasteiger partial charge >= 0.3 is 0 Å². The van der Waals surface area contributed by atoms with Gasteiger partial charge in [-0.15, -0.1) is 0 Å². The van der Waals surface area contributed by atoms with Crippen LogP contribution >= 0.6 is 0 Å². The van der Waals surface area contributed by atoms with E-state index < -0.39 is 0 Å². The molecule has 1 N–H and O–H groups in total. The quantitative estimate of drug-likeness (QED) is 0.401. The molecular weight excluding hydrogens is 68.0 g/mol. The summed E-state index contributed by atoms with van der Waals surface area (Å²) < 4.78 is 0. The highest BCUT2D eigenvalue weighted by atomic mass is 16.8. The molecule has 0 bridgehead atoms. The molecule has 1 radical (unpaired) electrons. The maximum absolute atomic E-state index is 4.32. The highest BCUT2D eigenvalue weighted by Crippen LogP contribution is 1.68. The Labute approximate surface area is 30.2 Å². The van der Waals surface area contributed by atoms with E-state index in [9.17, 15) is 0 Å². The maximum atomic E-state index is 4.32. The van der Waals surface area contributed by atoms with Crippen LogP contribution in [0.4, 0.5) is 0 Å². The van der Waals surface area contributed by atoms with Crippen molar-refractivity contribution >= 4 is 0 Å². The highest BCUT2D eigenvalue weighted by Gasteiger charge is 1.94. The minimum atomic E-state index is 0.792. The molecule has 0 aromatic carbocycles. The van der Waals surface area contributed by atoms with Crippen molar-refractivity contribution < 1.29 is 4.94 Å². The van der Waals surface area contributed by atoms with E-state index >= 15 is 0 Å². The minimum absolute atomic E-state index is 0.792. The van der Waals surface area contributed by atoms with Crippen LogP contribution in [0.5, 0.6) is 0 Å². The monoisotopic (exact) mass is 73.0 g/mol. The summed E-state index contributed by atoms with van der Waals surface area (Å²) in [6.07, 6.45) is 0. The molecule has 0 spiro atoms. The molecule has 29 valence electrons. The molecule has 1 heterocycles. The first-order chi connectivity index (χ1) is 2.50. The molecule has 3 nitrogen and oxygen atoms in total. The van der Waals surface area contributed by atoms with Crippen molar-refractivity contribution in [2.75, 3.05) is 13.1 Å². The van der Waals surface area contributed by atoms with E-state index in [0.717, 1.165) is 13.1 Å². The highest BCUT2D eigenvalue weighted by molar-refractivity contribution is 4.38. The molecule has 1 fully saturated rings. The van der Waals surface area contributed by atoms with E-state index in [1.165, 1.54) is 0 Å². The number of hydroxylamine groups is 2. The zero-order valence-corrected chi connectivity index (χ0v) is 2.77. The van der Waals surface area contributed by atoms with Crippen LogP contribution in [0.15, 0.2) is 0 Å². The first-order valence-electron chi connectivity index (χ1n) is 1.56. The Balaban J connectivity index is 2.08. The lowest BCUT2D eigenvalue weighted by Crippen LogP contribution is -2.03. The van der Waals surface area contributed by atoms with Gasteiger partial charge in [-0.25, -0.2) is 0 Å². The predicted molar refractivity (Wildman–Crippen MR) is 16.1 cm³/mol. The summed E-state index contributed by atoms with van der Waals surface area (Å²) in [5, 5.41) is 0. The van der Waals surface area contributed by atoms with Crippen LogP contribution in [-0.4, -0.2) is 13.1 Å². The second-order valence-corrected chi connectivity index (χ2v) is 0.838. The Morgan fingerprint density at radius 2 is 2.80 bits per heavy atom. The van der Waals surface area contributed by atoms with E-state index in [1.54, 1.807) is 0 Å². The third-order valence-corrected chi connectivity index (χ3v) is 0.434. The lowest BCUT2D eigenvalue weighted by Gasteiger charge is -1.76. The van der Waals surface area contributed by atoms with Gasteiger partial charge < -0.3 is 0 Å². The van der Waals surface area contributed by atoms with Gasteiger partial charge in [0.1, 0.15) is 0 Å². The van der Waals surface area contributed by atoms with Crippen molar-refractivity contribution in [1.82, 2.24) is 11.0 Å². The van der Waals surface area contributed by atoms with Gasteiger partial charge in [0.25, 0.3) is 0 Å². The molecular formula is C2H5N2O. The van der Waals surface area contributed by atoms with Crippen LogP contribution in [0.2, 0.25) is 0 Å². The fraction of sp³-hybridized carbons (Fsp3) is 1.00. The van der Waals surface area contributed by atoms with E-state index in [1.807, 2.05) is 0 Å². The van der Waals surface area contributed by atoms with Gasteiger partial charge in [0.2, 0.25) is 0 Å². The Morgan fingerprint density at radius 1 is 1.80 bits per heavy atom. The predicted octanol–water partition coefficient (Wildman–Crippen LogP) is -0.959. The molecule has 1 aliphatic rings. The van der Waals surface area contributed by atoms with Crippen LogP contribution in [0, 0.1) is 0 Å². The summed E-state index contributed by atoms with van der Waals surface area (Å²) >= 11 is 0. The van der Waals surface area contributed by atoms with Crippen molar-refractivity contribution in [3.05, 3.63) is 0 Å². The zero-order chi connectivity index (χ0) is 3.54. The molecule has 1 rings (SSSR count). The second-order valence-electron chi connectivity index (χ2n) is 0.838. The van der Waals surface area contributed by atoms with Crippen LogP contribution in [-0.2, 0) is 4.94 Å². The maximum Gasteiger partial charge on any atom is 0.0596 e. The third kappa shape index (κ3) is 0.576. The number of nitrogens with zero attached hydrogens (tertiary/aromatic N) is 1. The first kappa shape index (κ1) is 3.08. The normalized spacial score (nSPS) is 24.0. The molecule has 1 aliphatic heterocycles. The van der Waals surface area contributed by atoms with Gasteiger partial charge in [-0.2, -0.15) is 10.4 Å². The largest absolute Gasteiger partial charge is 0.194 e. The van der Waals surface area contributed by atoms with Crippen molar-refractivity contribution in [3.8, 4) is 0 Å². The Bertz CT molecular complexity index is 19.2. The van der Waals surface area contributed by atoms with E-state index in [2.05, 4.69) is 15.9 Å². The average Bonchev–Trinajstić information content (AvgIpc) is 1.76. The van der Waals surface area contributed by atoms with Crippen molar-refractivity contribution in [1.29, 1.82) is 0 Å². The Morgan fingerprint density at radius 3 is 3.00 bits per heavy atom. The van der Waals surface area contributed by atoms with Gasteiger partial charge in [-0.3, -0.25) is 0 Å². The average molecular weight is 73.1 g/mol. The first-order valence-corrected chi connectivity index (χ1v) is 1.56. The molecule has 1 saturated heterocycles. The second kappa shape index (κ2) is 1.35. The standard InChI is InChI=1S/C2H5N2O/c1-2-4-5-3-1/h3H,1-2H2. The lowest BCUT2D eigenvalue weighted by molar-refractivity contribution is 0.0161. The van der Waals surface area contributed by atoms with Crippen LogP contribution in [0.3, 0.4) is 0 Å². The molecule has 0 unspecified atom stereocenters. The molecule has 0 aliphatic carbocycles. The van der Waals surface area contributed by atoms with Crippen LogP contribution < -0.4 is 11.0 Å². The minimum Gasteiger partial charge on any atom is -0.194 e.